The molecule has 0 aromatic carbocycles. The Morgan fingerprint density at radius 3 is 2.59 bits per heavy atom. The van der Waals surface area contributed by atoms with Gasteiger partial charge in [-0.2, -0.15) is 5.10 Å². The van der Waals surface area contributed by atoms with Crippen molar-refractivity contribution in [1.82, 2.24) is 20.4 Å². The topological polar surface area (TPSA) is 76.0 Å². The van der Waals surface area contributed by atoms with Gasteiger partial charge >= 0.3 is 0 Å². The van der Waals surface area contributed by atoms with Crippen LogP contribution in [0.15, 0.2) is 6.07 Å². The summed E-state index contributed by atoms with van der Waals surface area (Å²) < 4.78 is 1.49. The molecule has 1 aromatic rings. The minimum absolute atomic E-state index is 0.0265. The van der Waals surface area contributed by atoms with Crippen LogP contribution < -0.4 is 10.6 Å². The van der Waals surface area contributed by atoms with Crippen molar-refractivity contribution < 1.29 is 9.59 Å². The van der Waals surface area contributed by atoms with Crippen LogP contribution in [0.2, 0.25) is 0 Å². The quantitative estimate of drug-likeness (QED) is 0.774. The van der Waals surface area contributed by atoms with E-state index in [0.29, 0.717) is 5.69 Å². The fourth-order valence-electron chi connectivity index (χ4n) is 1.45. The zero-order valence-electron chi connectivity index (χ0n) is 10.6. The SMILES string of the molecule is Cc1cc(C(=O)NCC(=O)NC(C)C)n(C)n1. The van der Waals surface area contributed by atoms with Gasteiger partial charge in [0.1, 0.15) is 5.69 Å². The molecular weight excluding hydrogens is 220 g/mol. The largest absolute Gasteiger partial charge is 0.352 e. The lowest BCUT2D eigenvalue weighted by Crippen LogP contribution is -2.40. The van der Waals surface area contributed by atoms with Gasteiger partial charge in [0.2, 0.25) is 5.91 Å². The number of rotatable bonds is 4. The highest BCUT2D eigenvalue weighted by molar-refractivity contribution is 5.95. The number of nitrogens with one attached hydrogen (secondary N) is 2. The predicted octanol–water partition coefficient (Wildman–Crippen LogP) is -0.0171. The maximum absolute atomic E-state index is 11.7. The second-order valence-electron chi connectivity index (χ2n) is 4.20. The highest BCUT2D eigenvalue weighted by atomic mass is 16.2. The lowest BCUT2D eigenvalue weighted by molar-refractivity contribution is -0.120. The second-order valence-corrected chi connectivity index (χ2v) is 4.20. The molecule has 0 saturated carbocycles. The summed E-state index contributed by atoms with van der Waals surface area (Å²) >= 11 is 0. The highest BCUT2D eigenvalue weighted by Gasteiger charge is 2.12. The van der Waals surface area contributed by atoms with Gasteiger partial charge in [-0.25, -0.2) is 0 Å². The fourth-order valence-corrected chi connectivity index (χ4v) is 1.45. The Bertz CT molecular complexity index is 423. The molecule has 1 rings (SSSR count). The van der Waals surface area contributed by atoms with Gasteiger partial charge in [0.15, 0.2) is 0 Å². The van der Waals surface area contributed by atoms with Crippen molar-refractivity contribution in [1.29, 1.82) is 0 Å². The summed E-state index contributed by atoms with van der Waals surface area (Å²) in [6, 6.07) is 1.74. The van der Waals surface area contributed by atoms with Crippen molar-refractivity contribution in [3.8, 4) is 0 Å². The van der Waals surface area contributed by atoms with E-state index >= 15 is 0 Å². The average molecular weight is 238 g/mol. The first-order chi connectivity index (χ1) is 7.90. The Labute approximate surface area is 100 Å². The highest BCUT2D eigenvalue weighted by Crippen LogP contribution is 2.00. The van der Waals surface area contributed by atoms with Crippen molar-refractivity contribution >= 4 is 11.8 Å². The van der Waals surface area contributed by atoms with Crippen molar-refractivity contribution in [2.45, 2.75) is 26.8 Å². The van der Waals surface area contributed by atoms with Gasteiger partial charge in [-0.15, -0.1) is 0 Å². The summed E-state index contributed by atoms with van der Waals surface area (Å²) in [4.78, 5) is 23.0. The van der Waals surface area contributed by atoms with Crippen molar-refractivity contribution in [2.75, 3.05) is 6.54 Å². The van der Waals surface area contributed by atoms with E-state index in [1.807, 2.05) is 20.8 Å². The molecule has 0 unspecified atom stereocenters. The molecule has 0 aliphatic carbocycles. The van der Waals surface area contributed by atoms with Crippen LogP contribution in [0.25, 0.3) is 0 Å². The van der Waals surface area contributed by atoms with Crippen LogP contribution in [0.5, 0.6) is 0 Å². The van der Waals surface area contributed by atoms with Crippen LogP contribution in [0.1, 0.15) is 30.0 Å². The monoisotopic (exact) mass is 238 g/mol. The van der Waals surface area contributed by atoms with Crippen LogP contribution >= 0.6 is 0 Å². The molecule has 0 fully saturated rings. The molecule has 6 nitrogen and oxygen atoms in total. The molecule has 0 radical (unpaired) electrons. The summed E-state index contributed by atoms with van der Waals surface area (Å²) in [5.74, 6) is -0.501. The summed E-state index contributed by atoms with van der Waals surface area (Å²) in [7, 11) is 1.69. The molecule has 0 aliphatic rings. The smallest absolute Gasteiger partial charge is 0.269 e. The summed E-state index contributed by atoms with van der Waals surface area (Å²) in [5.41, 5.74) is 1.21. The lowest BCUT2D eigenvalue weighted by Gasteiger charge is -2.09. The summed E-state index contributed by atoms with van der Waals surface area (Å²) in [6.07, 6.45) is 0. The molecule has 0 spiro atoms. The van der Waals surface area contributed by atoms with Crippen molar-refractivity contribution in [3.63, 3.8) is 0 Å². The molecule has 2 amide bonds. The maximum atomic E-state index is 11.7. The second kappa shape index (κ2) is 5.47. The predicted molar refractivity (Wildman–Crippen MR) is 63.6 cm³/mol. The van der Waals surface area contributed by atoms with Gasteiger partial charge in [-0.3, -0.25) is 14.3 Å². The molecule has 0 aliphatic heterocycles. The van der Waals surface area contributed by atoms with Crippen molar-refractivity contribution in [2.24, 2.45) is 7.05 Å². The third kappa shape index (κ3) is 3.90. The molecule has 0 atom stereocenters. The van der Waals surface area contributed by atoms with Crippen LogP contribution in [-0.2, 0) is 11.8 Å². The normalized spacial score (nSPS) is 10.4. The molecular formula is C11H18N4O2. The van der Waals surface area contributed by atoms with Crippen LogP contribution in [-0.4, -0.2) is 34.2 Å². The Balaban J connectivity index is 2.50. The average Bonchev–Trinajstić information content (AvgIpc) is 2.53. The minimum Gasteiger partial charge on any atom is -0.352 e. The number of aromatic nitrogens is 2. The first-order valence-electron chi connectivity index (χ1n) is 5.48. The molecule has 2 N–H and O–H groups in total. The van der Waals surface area contributed by atoms with Gasteiger partial charge in [0.05, 0.1) is 12.2 Å². The van der Waals surface area contributed by atoms with Gasteiger partial charge < -0.3 is 10.6 Å². The van der Waals surface area contributed by atoms with Gasteiger partial charge in [0, 0.05) is 13.1 Å². The van der Waals surface area contributed by atoms with E-state index in [1.165, 1.54) is 4.68 Å². The zero-order chi connectivity index (χ0) is 13.0. The molecule has 6 heteroatoms. The summed E-state index contributed by atoms with van der Waals surface area (Å²) in [6.45, 7) is 5.51. The van der Waals surface area contributed by atoms with Gasteiger partial charge in [-0.1, -0.05) is 0 Å². The number of aryl methyl sites for hydroxylation is 2. The number of nitrogens with zero attached hydrogens (tertiary/aromatic N) is 2. The number of carbonyl (C=O) groups excluding carboxylic acids is 2. The molecule has 0 saturated heterocycles. The van der Waals surface area contributed by atoms with E-state index in [4.69, 9.17) is 0 Å². The molecule has 94 valence electrons. The first-order valence-corrected chi connectivity index (χ1v) is 5.48. The van der Waals surface area contributed by atoms with E-state index in [9.17, 15) is 9.59 Å². The minimum atomic E-state index is -0.299. The molecule has 17 heavy (non-hydrogen) atoms. The summed E-state index contributed by atoms with van der Waals surface area (Å²) in [5, 5.41) is 9.30. The van der Waals surface area contributed by atoms with E-state index in [0.717, 1.165) is 5.69 Å². The number of amides is 2. The fraction of sp³-hybridized carbons (Fsp3) is 0.545. The number of hydrogen-bond acceptors (Lipinski definition) is 3. The standard InChI is InChI=1S/C11H18N4O2/c1-7(2)13-10(16)6-12-11(17)9-5-8(3)14-15(9)4/h5,7H,6H2,1-4H3,(H,12,17)(H,13,16). The third-order valence-corrected chi connectivity index (χ3v) is 2.09. The van der Waals surface area contributed by atoms with Crippen molar-refractivity contribution in [3.05, 3.63) is 17.5 Å². The van der Waals surface area contributed by atoms with Crippen LogP contribution in [0.4, 0.5) is 0 Å². The Hall–Kier alpha value is -1.85. The van der Waals surface area contributed by atoms with E-state index in [1.54, 1.807) is 13.1 Å². The Morgan fingerprint density at radius 1 is 1.47 bits per heavy atom. The number of hydrogen-bond donors (Lipinski definition) is 2. The Morgan fingerprint density at radius 2 is 2.12 bits per heavy atom. The molecule has 1 heterocycles. The van der Waals surface area contributed by atoms with E-state index in [2.05, 4.69) is 15.7 Å². The molecule has 1 aromatic heterocycles. The van der Waals surface area contributed by atoms with E-state index in [-0.39, 0.29) is 24.4 Å². The maximum Gasteiger partial charge on any atom is 0.269 e. The van der Waals surface area contributed by atoms with E-state index < -0.39 is 0 Å². The number of carbonyl (C=O) groups is 2. The van der Waals surface area contributed by atoms with Crippen LogP contribution in [0, 0.1) is 6.92 Å². The van der Waals surface area contributed by atoms with Gasteiger partial charge in [-0.05, 0) is 26.8 Å². The van der Waals surface area contributed by atoms with Crippen LogP contribution in [0.3, 0.4) is 0 Å². The third-order valence-electron chi connectivity index (χ3n) is 2.09. The zero-order valence-corrected chi connectivity index (χ0v) is 10.6. The first kappa shape index (κ1) is 13.2. The lowest BCUT2D eigenvalue weighted by atomic mass is 10.3. The van der Waals surface area contributed by atoms with Gasteiger partial charge in [0.25, 0.3) is 5.91 Å². The Kier molecular flexibility index (Phi) is 4.25. The molecule has 0 bridgehead atoms.